The van der Waals surface area contributed by atoms with Crippen LogP contribution in [0.1, 0.15) is 24.8 Å². The van der Waals surface area contributed by atoms with Gasteiger partial charge in [0.05, 0.1) is 12.5 Å². The summed E-state index contributed by atoms with van der Waals surface area (Å²) >= 11 is 0. The van der Waals surface area contributed by atoms with E-state index < -0.39 is 0 Å². The quantitative estimate of drug-likeness (QED) is 0.894. The van der Waals surface area contributed by atoms with E-state index in [4.69, 9.17) is 10.5 Å². The molecule has 1 aliphatic rings. The molecule has 1 aliphatic carbocycles. The van der Waals surface area contributed by atoms with Crippen LogP contribution in [-0.4, -0.2) is 37.0 Å². The van der Waals surface area contributed by atoms with Crippen molar-refractivity contribution in [2.24, 2.45) is 11.7 Å². The van der Waals surface area contributed by atoms with E-state index in [-0.39, 0.29) is 17.9 Å². The van der Waals surface area contributed by atoms with E-state index in [0.717, 1.165) is 25.0 Å². The lowest BCUT2D eigenvalue weighted by Gasteiger charge is -2.23. The van der Waals surface area contributed by atoms with Crippen molar-refractivity contribution < 1.29 is 9.53 Å². The van der Waals surface area contributed by atoms with Gasteiger partial charge in [-0.3, -0.25) is 4.79 Å². The Labute approximate surface area is 120 Å². The number of benzene rings is 1. The van der Waals surface area contributed by atoms with Gasteiger partial charge < -0.3 is 15.4 Å². The van der Waals surface area contributed by atoms with E-state index >= 15 is 0 Å². The molecule has 0 spiro atoms. The highest BCUT2D eigenvalue weighted by Crippen LogP contribution is 2.25. The SMILES string of the molecule is Cc1cccc(OCCN(C)C(=O)[C@H]2CCC[C@@H]2N)c1. The summed E-state index contributed by atoms with van der Waals surface area (Å²) in [6, 6.07) is 7.96. The molecule has 2 N–H and O–H groups in total. The van der Waals surface area contributed by atoms with Gasteiger partial charge in [-0.25, -0.2) is 0 Å². The van der Waals surface area contributed by atoms with Crippen LogP contribution in [0.3, 0.4) is 0 Å². The molecule has 20 heavy (non-hydrogen) atoms. The fraction of sp³-hybridized carbons (Fsp3) is 0.562. The van der Waals surface area contributed by atoms with E-state index in [1.54, 1.807) is 4.90 Å². The number of hydrogen-bond acceptors (Lipinski definition) is 3. The summed E-state index contributed by atoms with van der Waals surface area (Å²) in [4.78, 5) is 14.0. The van der Waals surface area contributed by atoms with Gasteiger partial charge in [-0.15, -0.1) is 0 Å². The predicted octanol–water partition coefficient (Wildman–Crippen LogP) is 1.96. The molecule has 0 bridgehead atoms. The van der Waals surface area contributed by atoms with Crippen LogP contribution in [-0.2, 0) is 4.79 Å². The van der Waals surface area contributed by atoms with Crippen LogP contribution in [0.15, 0.2) is 24.3 Å². The predicted molar refractivity (Wildman–Crippen MR) is 79.6 cm³/mol. The minimum Gasteiger partial charge on any atom is -0.492 e. The van der Waals surface area contributed by atoms with Crippen molar-refractivity contribution in [2.75, 3.05) is 20.2 Å². The number of rotatable bonds is 5. The van der Waals surface area contributed by atoms with Crippen LogP contribution >= 0.6 is 0 Å². The number of carbonyl (C=O) groups excluding carboxylic acids is 1. The lowest BCUT2D eigenvalue weighted by atomic mass is 10.0. The molecular weight excluding hydrogens is 252 g/mol. The van der Waals surface area contributed by atoms with Crippen LogP contribution in [0.2, 0.25) is 0 Å². The molecule has 0 aromatic heterocycles. The summed E-state index contributed by atoms with van der Waals surface area (Å²) in [6.45, 7) is 3.13. The zero-order valence-electron chi connectivity index (χ0n) is 12.3. The number of likely N-dealkylation sites (N-methyl/N-ethyl adjacent to an activating group) is 1. The van der Waals surface area contributed by atoms with Crippen LogP contribution in [0.25, 0.3) is 0 Å². The van der Waals surface area contributed by atoms with E-state index in [1.807, 2.05) is 38.2 Å². The highest BCUT2D eigenvalue weighted by Gasteiger charge is 2.31. The van der Waals surface area contributed by atoms with Crippen molar-refractivity contribution in [2.45, 2.75) is 32.2 Å². The van der Waals surface area contributed by atoms with Gasteiger partial charge in [0.1, 0.15) is 12.4 Å². The van der Waals surface area contributed by atoms with E-state index in [0.29, 0.717) is 13.2 Å². The molecule has 2 atom stereocenters. The summed E-state index contributed by atoms with van der Waals surface area (Å²) < 4.78 is 5.67. The van der Waals surface area contributed by atoms with E-state index in [9.17, 15) is 4.79 Å². The minimum absolute atomic E-state index is 0.000954. The standard InChI is InChI=1S/C16H24N2O2/c1-12-5-3-6-13(11-12)20-10-9-18(2)16(19)14-7-4-8-15(14)17/h3,5-6,11,14-15H,4,7-10,17H2,1-2H3/t14-,15-/m0/s1. The van der Waals surface area contributed by atoms with Crippen LogP contribution in [0, 0.1) is 12.8 Å². The zero-order valence-corrected chi connectivity index (χ0v) is 12.3. The minimum atomic E-state index is -0.000954. The molecule has 1 saturated carbocycles. The Morgan fingerprint density at radius 1 is 1.45 bits per heavy atom. The Hall–Kier alpha value is -1.55. The second-order valence-electron chi connectivity index (χ2n) is 5.63. The van der Waals surface area contributed by atoms with Crippen molar-refractivity contribution in [3.05, 3.63) is 29.8 Å². The maximum atomic E-state index is 12.2. The van der Waals surface area contributed by atoms with Crippen LogP contribution < -0.4 is 10.5 Å². The molecule has 0 heterocycles. The largest absolute Gasteiger partial charge is 0.492 e. The maximum absolute atomic E-state index is 12.2. The monoisotopic (exact) mass is 276 g/mol. The topological polar surface area (TPSA) is 55.6 Å². The molecule has 1 aromatic carbocycles. The number of ether oxygens (including phenoxy) is 1. The Kier molecular flexibility index (Phi) is 5.01. The van der Waals surface area contributed by atoms with Gasteiger partial charge in [-0.2, -0.15) is 0 Å². The highest BCUT2D eigenvalue weighted by atomic mass is 16.5. The second-order valence-corrected chi connectivity index (χ2v) is 5.63. The fourth-order valence-electron chi connectivity index (χ4n) is 2.69. The number of nitrogens with two attached hydrogens (primary N) is 1. The summed E-state index contributed by atoms with van der Waals surface area (Å²) in [6.07, 6.45) is 2.94. The van der Waals surface area contributed by atoms with Crippen molar-refractivity contribution in [1.29, 1.82) is 0 Å². The first-order valence-corrected chi connectivity index (χ1v) is 7.28. The molecule has 0 saturated heterocycles. The fourth-order valence-corrected chi connectivity index (χ4v) is 2.69. The number of carbonyl (C=O) groups is 1. The third-order valence-corrected chi connectivity index (χ3v) is 3.95. The summed E-state index contributed by atoms with van der Waals surface area (Å²) in [5.74, 6) is 1.00. The van der Waals surface area contributed by atoms with Crippen molar-refractivity contribution in [3.8, 4) is 5.75 Å². The number of aryl methyl sites for hydroxylation is 1. The zero-order chi connectivity index (χ0) is 14.5. The van der Waals surface area contributed by atoms with Crippen molar-refractivity contribution in [1.82, 2.24) is 4.90 Å². The van der Waals surface area contributed by atoms with Crippen LogP contribution in [0.5, 0.6) is 5.75 Å². The van der Waals surface area contributed by atoms with Gasteiger partial charge in [0.2, 0.25) is 5.91 Å². The van der Waals surface area contributed by atoms with Crippen molar-refractivity contribution in [3.63, 3.8) is 0 Å². The molecule has 0 radical (unpaired) electrons. The summed E-state index contributed by atoms with van der Waals surface area (Å²) in [7, 11) is 1.83. The van der Waals surface area contributed by atoms with Gasteiger partial charge in [0, 0.05) is 13.1 Å². The summed E-state index contributed by atoms with van der Waals surface area (Å²) in [5.41, 5.74) is 7.15. The normalized spacial score (nSPS) is 21.8. The molecule has 0 unspecified atom stereocenters. The average Bonchev–Trinajstić information content (AvgIpc) is 2.84. The molecule has 1 amide bonds. The van der Waals surface area contributed by atoms with Crippen LogP contribution in [0.4, 0.5) is 0 Å². The van der Waals surface area contributed by atoms with Gasteiger partial charge in [-0.1, -0.05) is 18.6 Å². The Morgan fingerprint density at radius 2 is 2.25 bits per heavy atom. The molecule has 4 nitrogen and oxygen atoms in total. The molecule has 2 rings (SSSR count). The molecular formula is C16H24N2O2. The Morgan fingerprint density at radius 3 is 2.90 bits per heavy atom. The third kappa shape index (κ3) is 3.73. The Balaban J connectivity index is 1.77. The first-order chi connectivity index (χ1) is 9.58. The van der Waals surface area contributed by atoms with Gasteiger partial charge in [0.25, 0.3) is 0 Å². The summed E-state index contributed by atoms with van der Waals surface area (Å²) in [5, 5.41) is 0. The molecule has 110 valence electrons. The molecule has 1 fully saturated rings. The first kappa shape index (κ1) is 14.9. The maximum Gasteiger partial charge on any atom is 0.227 e. The van der Waals surface area contributed by atoms with Gasteiger partial charge >= 0.3 is 0 Å². The molecule has 4 heteroatoms. The van der Waals surface area contributed by atoms with Gasteiger partial charge in [-0.05, 0) is 37.5 Å². The second kappa shape index (κ2) is 6.75. The lowest BCUT2D eigenvalue weighted by molar-refractivity contribution is -0.134. The highest BCUT2D eigenvalue weighted by molar-refractivity contribution is 5.79. The number of nitrogens with zero attached hydrogens (tertiary/aromatic N) is 1. The smallest absolute Gasteiger partial charge is 0.227 e. The third-order valence-electron chi connectivity index (χ3n) is 3.95. The van der Waals surface area contributed by atoms with Crippen molar-refractivity contribution >= 4 is 5.91 Å². The van der Waals surface area contributed by atoms with E-state index in [2.05, 4.69) is 0 Å². The first-order valence-electron chi connectivity index (χ1n) is 7.28. The number of amides is 1. The lowest BCUT2D eigenvalue weighted by Crippen LogP contribution is -2.41. The molecule has 0 aliphatic heterocycles. The van der Waals surface area contributed by atoms with E-state index in [1.165, 1.54) is 5.56 Å². The van der Waals surface area contributed by atoms with Gasteiger partial charge in [0.15, 0.2) is 0 Å². The number of hydrogen-bond donors (Lipinski definition) is 1. The molecule has 1 aromatic rings. The Bertz CT molecular complexity index is 462. The average molecular weight is 276 g/mol.